The molecule has 2 aromatic heterocycles. The van der Waals surface area contributed by atoms with E-state index in [1.807, 2.05) is 11.5 Å². The van der Waals surface area contributed by atoms with Crippen molar-refractivity contribution in [2.24, 2.45) is 0 Å². The maximum atomic E-state index is 12.2. The number of hydrogen-bond acceptors (Lipinski definition) is 4. The number of pyridine rings is 1. The summed E-state index contributed by atoms with van der Waals surface area (Å²) in [4.78, 5) is 8.07. The summed E-state index contributed by atoms with van der Waals surface area (Å²) in [7, 11) is -3.71. The summed E-state index contributed by atoms with van der Waals surface area (Å²) < 4.78 is 29.4. The summed E-state index contributed by atoms with van der Waals surface area (Å²) in [5.41, 5.74) is 0. The quantitative estimate of drug-likeness (QED) is 0.890. The number of rotatable bonds is 5. The summed E-state index contributed by atoms with van der Waals surface area (Å²) >= 11 is 3.24. The highest BCUT2D eigenvalue weighted by molar-refractivity contribution is 9.10. The number of halogens is 1. The van der Waals surface area contributed by atoms with Crippen LogP contribution in [0.3, 0.4) is 0 Å². The molecule has 2 aromatic rings. The van der Waals surface area contributed by atoms with Crippen molar-refractivity contribution in [1.82, 2.24) is 14.5 Å². The van der Waals surface area contributed by atoms with Crippen molar-refractivity contribution < 1.29 is 8.42 Å². The second-order valence-corrected chi connectivity index (χ2v) is 6.83. The molecule has 0 spiro atoms. The lowest BCUT2D eigenvalue weighted by atomic mass is 10.5. The van der Waals surface area contributed by atoms with Crippen LogP contribution < -0.4 is 4.72 Å². The molecule has 0 aliphatic heterocycles. The third kappa shape index (κ3) is 3.37. The second kappa shape index (κ2) is 5.92. The molecular formula is C12H15BrN4O2S. The first-order valence-electron chi connectivity index (χ1n) is 6.10. The van der Waals surface area contributed by atoms with Crippen LogP contribution in [0.5, 0.6) is 0 Å². The lowest BCUT2D eigenvalue weighted by molar-refractivity contribution is 0.597. The molecule has 8 heteroatoms. The molecule has 0 unspecified atom stereocenters. The number of imidazole rings is 1. The van der Waals surface area contributed by atoms with Gasteiger partial charge in [0.1, 0.15) is 11.6 Å². The van der Waals surface area contributed by atoms with Gasteiger partial charge in [0.25, 0.3) is 10.0 Å². The van der Waals surface area contributed by atoms with Crippen molar-refractivity contribution in [1.29, 1.82) is 0 Å². The SMILES string of the molecule is CCCn1cc(S(=O)(=O)Nc2ccc(Br)cn2)nc1C. The average Bonchev–Trinajstić information content (AvgIpc) is 2.75. The monoisotopic (exact) mass is 358 g/mol. The molecule has 2 heterocycles. The van der Waals surface area contributed by atoms with E-state index in [4.69, 9.17) is 0 Å². The fourth-order valence-corrected chi connectivity index (χ4v) is 2.96. The van der Waals surface area contributed by atoms with Crippen LogP contribution in [0.4, 0.5) is 5.82 Å². The molecule has 20 heavy (non-hydrogen) atoms. The Bertz CT molecular complexity index is 695. The van der Waals surface area contributed by atoms with E-state index in [0.717, 1.165) is 17.4 Å². The molecule has 6 nitrogen and oxygen atoms in total. The van der Waals surface area contributed by atoms with E-state index < -0.39 is 10.0 Å². The summed E-state index contributed by atoms with van der Waals surface area (Å²) in [6.07, 6.45) is 3.98. The molecule has 0 saturated heterocycles. The zero-order valence-electron chi connectivity index (χ0n) is 11.2. The minimum absolute atomic E-state index is 0.00756. The van der Waals surface area contributed by atoms with Gasteiger partial charge in [0.05, 0.1) is 0 Å². The predicted molar refractivity (Wildman–Crippen MR) is 80.0 cm³/mol. The van der Waals surface area contributed by atoms with E-state index in [0.29, 0.717) is 5.82 Å². The smallest absolute Gasteiger partial charge is 0.282 e. The normalized spacial score (nSPS) is 11.6. The van der Waals surface area contributed by atoms with E-state index in [9.17, 15) is 8.42 Å². The summed E-state index contributed by atoms with van der Waals surface area (Å²) in [6, 6.07) is 3.29. The lowest BCUT2D eigenvalue weighted by Gasteiger charge is -2.04. The fourth-order valence-electron chi connectivity index (χ4n) is 1.70. The van der Waals surface area contributed by atoms with Crippen LogP contribution in [0.2, 0.25) is 0 Å². The molecule has 1 N–H and O–H groups in total. The maximum Gasteiger partial charge on any atom is 0.282 e. The highest BCUT2D eigenvalue weighted by atomic mass is 79.9. The Morgan fingerprint density at radius 2 is 2.15 bits per heavy atom. The summed E-state index contributed by atoms with van der Waals surface area (Å²) in [5, 5.41) is 0.00756. The largest absolute Gasteiger partial charge is 0.334 e. The highest BCUT2D eigenvalue weighted by Crippen LogP contribution is 2.16. The maximum absolute atomic E-state index is 12.2. The van der Waals surface area contributed by atoms with E-state index in [-0.39, 0.29) is 10.8 Å². The van der Waals surface area contributed by atoms with Crippen LogP contribution in [-0.2, 0) is 16.6 Å². The Hall–Kier alpha value is -1.41. The first kappa shape index (κ1) is 15.0. The van der Waals surface area contributed by atoms with Gasteiger partial charge in [-0.25, -0.2) is 9.97 Å². The lowest BCUT2D eigenvalue weighted by Crippen LogP contribution is -2.14. The molecule has 2 rings (SSSR count). The molecule has 0 saturated carbocycles. The number of hydrogen-bond donors (Lipinski definition) is 1. The number of anilines is 1. The zero-order chi connectivity index (χ0) is 14.8. The third-order valence-electron chi connectivity index (χ3n) is 2.66. The van der Waals surface area contributed by atoms with Crippen LogP contribution >= 0.6 is 15.9 Å². The molecule has 0 atom stereocenters. The van der Waals surface area contributed by atoms with Gasteiger partial charge in [0.15, 0.2) is 5.03 Å². The Morgan fingerprint density at radius 1 is 1.40 bits per heavy atom. The molecule has 0 fully saturated rings. The van der Waals surface area contributed by atoms with Crippen LogP contribution in [0.15, 0.2) is 34.0 Å². The van der Waals surface area contributed by atoms with Gasteiger partial charge in [-0.2, -0.15) is 8.42 Å². The molecular weight excluding hydrogens is 344 g/mol. The topological polar surface area (TPSA) is 76.9 Å². The van der Waals surface area contributed by atoms with E-state index in [1.165, 1.54) is 6.20 Å². The van der Waals surface area contributed by atoms with Gasteiger partial charge in [-0.15, -0.1) is 0 Å². The van der Waals surface area contributed by atoms with E-state index >= 15 is 0 Å². The number of sulfonamides is 1. The molecule has 0 aliphatic rings. The third-order valence-corrected chi connectivity index (χ3v) is 4.35. The van der Waals surface area contributed by atoms with Crippen molar-refractivity contribution >= 4 is 31.8 Å². The van der Waals surface area contributed by atoms with Gasteiger partial charge < -0.3 is 4.57 Å². The summed E-state index contributed by atoms with van der Waals surface area (Å²) in [5.74, 6) is 0.937. The van der Waals surface area contributed by atoms with Crippen molar-refractivity contribution in [2.75, 3.05) is 4.72 Å². The molecule has 0 aromatic carbocycles. The fraction of sp³-hybridized carbons (Fsp3) is 0.333. The van der Waals surface area contributed by atoms with Crippen molar-refractivity contribution in [3.8, 4) is 0 Å². The van der Waals surface area contributed by atoms with Gasteiger partial charge >= 0.3 is 0 Å². The number of nitrogens with zero attached hydrogens (tertiary/aromatic N) is 3. The van der Waals surface area contributed by atoms with Crippen molar-refractivity contribution in [3.05, 3.63) is 34.8 Å². The minimum Gasteiger partial charge on any atom is -0.334 e. The molecule has 0 amide bonds. The van der Waals surface area contributed by atoms with Crippen LogP contribution in [0.25, 0.3) is 0 Å². The Kier molecular flexibility index (Phi) is 4.44. The zero-order valence-corrected chi connectivity index (χ0v) is 13.6. The first-order chi connectivity index (χ1) is 9.42. The van der Waals surface area contributed by atoms with Gasteiger partial charge in [-0.05, 0) is 41.4 Å². The van der Waals surface area contributed by atoms with Crippen LogP contribution in [-0.4, -0.2) is 23.0 Å². The Balaban J connectivity index is 2.26. The second-order valence-electron chi connectivity index (χ2n) is 4.29. The van der Waals surface area contributed by atoms with Gasteiger partial charge in [-0.1, -0.05) is 6.92 Å². The van der Waals surface area contributed by atoms with E-state index in [1.54, 1.807) is 25.3 Å². The summed E-state index contributed by atoms with van der Waals surface area (Å²) in [6.45, 7) is 4.55. The van der Waals surface area contributed by atoms with Crippen molar-refractivity contribution in [3.63, 3.8) is 0 Å². The van der Waals surface area contributed by atoms with E-state index in [2.05, 4.69) is 30.6 Å². The van der Waals surface area contributed by atoms with Crippen LogP contribution in [0, 0.1) is 6.92 Å². The first-order valence-corrected chi connectivity index (χ1v) is 8.38. The Labute approximate surface area is 126 Å². The average molecular weight is 359 g/mol. The molecule has 0 aliphatic carbocycles. The van der Waals surface area contributed by atoms with Crippen LogP contribution in [0.1, 0.15) is 19.2 Å². The van der Waals surface area contributed by atoms with Gasteiger partial charge in [0, 0.05) is 23.4 Å². The Morgan fingerprint density at radius 3 is 2.75 bits per heavy atom. The molecule has 0 bridgehead atoms. The highest BCUT2D eigenvalue weighted by Gasteiger charge is 2.19. The minimum atomic E-state index is -3.71. The number of aryl methyl sites for hydroxylation is 2. The molecule has 108 valence electrons. The van der Waals surface area contributed by atoms with Gasteiger partial charge in [0.2, 0.25) is 0 Å². The van der Waals surface area contributed by atoms with Crippen molar-refractivity contribution in [2.45, 2.75) is 31.8 Å². The predicted octanol–water partition coefficient (Wildman–Crippen LogP) is 2.56. The standard InChI is InChI=1S/C12H15BrN4O2S/c1-3-6-17-8-12(15-9(17)2)20(18,19)16-11-5-4-10(13)7-14-11/h4-5,7-8H,3,6H2,1-2H3,(H,14,16). The number of nitrogens with one attached hydrogen (secondary N) is 1. The van der Waals surface area contributed by atoms with Gasteiger partial charge in [-0.3, -0.25) is 4.72 Å². The molecule has 0 radical (unpaired) electrons. The number of aromatic nitrogens is 3.